The Morgan fingerprint density at radius 1 is 1.71 bits per heavy atom. The molecular weight excluding hydrogens is 178 g/mol. The summed E-state index contributed by atoms with van der Waals surface area (Å²) in [4.78, 5) is 0. The van der Waals surface area contributed by atoms with Crippen molar-refractivity contribution in [3.8, 4) is 11.5 Å². The summed E-state index contributed by atoms with van der Waals surface area (Å²) in [7, 11) is 0. The monoisotopic (exact) mass is 205 g/mol. The van der Waals surface area contributed by atoms with Gasteiger partial charge >= 0.3 is 0 Å². The molecule has 0 amide bonds. The molecule has 14 heavy (non-hydrogen) atoms. The Hall–Kier alpha value is -1.22. The Labute approximate surface area is 101 Å². The number of nitrogens with one attached hydrogen (secondary N) is 1. The maximum atomic E-state index is 8.21. The largest absolute Gasteiger partial charge is 0.454 e. The minimum absolute atomic E-state index is 0.247. The van der Waals surface area contributed by atoms with Crippen LogP contribution >= 0.6 is 0 Å². The van der Waals surface area contributed by atoms with E-state index in [1.807, 2.05) is 0 Å². The van der Waals surface area contributed by atoms with Gasteiger partial charge < -0.3 is 14.8 Å². The maximum Gasteiger partial charge on any atom is 0.231 e. The predicted molar refractivity (Wildman–Crippen MR) is 54.8 cm³/mol. The first kappa shape index (κ1) is 2.67. The highest BCUT2D eigenvalue weighted by atomic mass is 16.7. The van der Waals surface area contributed by atoms with Gasteiger partial charge in [-0.25, -0.2) is 0 Å². The van der Waals surface area contributed by atoms with Gasteiger partial charge in [0.2, 0.25) is 6.79 Å². The fourth-order valence-electron chi connectivity index (χ4n) is 0.969. The first-order valence-corrected chi connectivity index (χ1v) is 3.79. The predicted octanol–water partition coefficient (Wildman–Crippen LogP) is 1.57. The van der Waals surface area contributed by atoms with Gasteiger partial charge in [-0.05, 0) is 37.8 Å². The second-order valence-electron chi connectivity index (χ2n) is 2.49. The third kappa shape index (κ3) is 1.82. The minimum atomic E-state index is -3.28. The molecule has 0 spiro atoms. The highest BCUT2D eigenvalue weighted by Crippen LogP contribution is 2.32. The first-order valence-electron chi connectivity index (χ1n) is 9.74. The van der Waals surface area contributed by atoms with Crippen LogP contribution in [0.25, 0.3) is 0 Å². The Kier molecular flexibility index (Phi) is 0.740. The van der Waals surface area contributed by atoms with E-state index >= 15 is 0 Å². The summed E-state index contributed by atoms with van der Waals surface area (Å²) in [6.45, 7) is -6.91. The molecule has 0 bridgehead atoms. The van der Waals surface area contributed by atoms with Gasteiger partial charge in [-0.3, -0.25) is 0 Å². The van der Waals surface area contributed by atoms with Crippen LogP contribution in [-0.4, -0.2) is 19.8 Å². The number of fused-ring (bicyclic) bond motifs is 1. The third-order valence-corrected chi connectivity index (χ3v) is 1.56. The van der Waals surface area contributed by atoms with Gasteiger partial charge in [-0.2, -0.15) is 0 Å². The van der Waals surface area contributed by atoms with Crippen molar-refractivity contribution in [1.29, 1.82) is 0 Å². The smallest absolute Gasteiger partial charge is 0.231 e. The number of benzene rings is 1. The second kappa shape index (κ2) is 3.88. The quantitative estimate of drug-likeness (QED) is 0.812. The summed E-state index contributed by atoms with van der Waals surface area (Å²) in [5, 5.41) is -0.368. The summed E-state index contributed by atoms with van der Waals surface area (Å²) < 4.78 is 102. The Bertz CT molecular complexity index is 713. The molecule has 3 heteroatoms. The average Bonchev–Trinajstić information content (AvgIpc) is 2.91. The molecule has 0 aromatic heterocycles. The van der Waals surface area contributed by atoms with E-state index in [1.54, 1.807) is 0 Å². The fraction of sp³-hybridized carbons (Fsp3) is 0.455. The Morgan fingerprint density at radius 3 is 3.50 bits per heavy atom. The van der Waals surface area contributed by atoms with Crippen molar-refractivity contribution in [1.82, 2.24) is 5.31 Å². The summed E-state index contributed by atoms with van der Waals surface area (Å²) >= 11 is 0. The lowest BCUT2D eigenvalue weighted by Gasteiger charge is -2.09. The molecule has 1 atom stereocenters. The SMILES string of the molecule is [2H]c1c([2H])c(C([2H])([2H])C(N([2H])C([2H])([2H])[2H])C([2H])([2H])[2H])c([2H])c2c1OCO2. The second-order valence-corrected chi connectivity index (χ2v) is 2.49. The average molecular weight is 205 g/mol. The summed E-state index contributed by atoms with van der Waals surface area (Å²) in [5.41, 5.74) is -0.852. The van der Waals surface area contributed by atoms with Crippen LogP contribution in [0, 0.1) is 0 Å². The fourth-order valence-corrected chi connectivity index (χ4v) is 0.969. The molecule has 2 rings (SSSR count). The molecule has 1 aromatic rings. The molecule has 76 valence electrons. The van der Waals surface area contributed by atoms with E-state index in [4.69, 9.17) is 26.0 Å². The van der Waals surface area contributed by atoms with Crippen LogP contribution < -0.4 is 14.8 Å². The number of likely N-dealkylation sites (N-methyl/N-ethyl adjacent to an activating group) is 1. The lowest BCUT2D eigenvalue weighted by atomic mass is 10.1. The number of hydrogen-bond acceptors (Lipinski definition) is 3. The number of rotatable bonds is 3. The van der Waals surface area contributed by atoms with Gasteiger partial charge in [0.1, 0.15) is 1.41 Å². The number of ether oxygens (including phenoxy) is 2. The molecule has 1 aromatic carbocycles. The van der Waals surface area contributed by atoms with E-state index in [1.165, 1.54) is 0 Å². The molecule has 0 saturated heterocycles. The molecule has 1 aliphatic rings. The van der Waals surface area contributed by atoms with Crippen LogP contribution in [0.5, 0.6) is 11.5 Å². The molecule has 0 saturated carbocycles. The summed E-state index contributed by atoms with van der Waals surface area (Å²) in [6, 6.07) is -4.72. The molecule has 0 aliphatic carbocycles. The van der Waals surface area contributed by atoms with Crippen LogP contribution in [-0.2, 0) is 6.37 Å². The van der Waals surface area contributed by atoms with Crippen molar-refractivity contribution in [3.63, 3.8) is 0 Å². The van der Waals surface area contributed by atoms with Crippen molar-refractivity contribution >= 4 is 0 Å². The normalized spacial score (nSPS) is 31.2. The van der Waals surface area contributed by atoms with Gasteiger partial charge in [0.05, 0.1) is 4.11 Å². The maximum absolute atomic E-state index is 8.21. The molecule has 1 heterocycles. The minimum Gasteiger partial charge on any atom is -0.454 e. The zero-order valence-corrected chi connectivity index (χ0v) is 7.05. The van der Waals surface area contributed by atoms with Gasteiger partial charge in [0.15, 0.2) is 11.5 Å². The van der Waals surface area contributed by atoms with E-state index in [0.29, 0.717) is 0 Å². The zero-order valence-electron chi connectivity index (χ0n) is 19.0. The van der Waals surface area contributed by atoms with Crippen LogP contribution in [0.15, 0.2) is 18.1 Å². The van der Waals surface area contributed by atoms with Crippen molar-refractivity contribution in [2.24, 2.45) is 0 Å². The van der Waals surface area contributed by atoms with Crippen molar-refractivity contribution in [2.45, 2.75) is 19.3 Å². The van der Waals surface area contributed by atoms with Gasteiger partial charge in [0, 0.05) is 17.0 Å². The van der Waals surface area contributed by atoms with E-state index in [0.717, 1.165) is 0 Å². The van der Waals surface area contributed by atoms with Gasteiger partial charge in [-0.15, -0.1) is 0 Å². The third-order valence-electron chi connectivity index (χ3n) is 1.56. The topological polar surface area (TPSA) is 30.5 Å². The summed E-state index contributed by atoms with van der Waals surface area (Å²) in [6.07, 6.45) is -3.16. The van der Waals surface area contributed by atoms with Crippen LogP contribution in [0.2, 0.25) is 1.41 Å². The van der Waals surface area contributed by atoms with E-state index in [2.05, 4.69) is 0 Å². The van der Waals surface area contributed by atoms with E-state index in [-0.39, 0.29) is 23.6 Å². The Balaban J connectivity index is 2.74. The van der Waals surface area contributed by atoms with E-state index in [9.17, 15) is 0 Å². The van der Waals surface area contributed by atoms with Crippen LogP contribution in [0.4, 0.5) is 0 Å². The lowest BCUT2D eigenvalue weighted by Crippen LogP contribution is -2.23. The Morgan fingerprint density at radius 2 is 2.64 bits per heavy atom. The van der Waals surface area contributed by atoms with E-state index < -0.39 is 49.9 Å². The van der Waals surface area contributed by atoms with Crippen LogP contribution in [0.1, 0.15) is 27.5 Å². The molecule has 1 aliphatic heterocycles. The molecule has 0 fully saturated rings. The van der Waals surface area contributed by atoms with Crippen molar-refractivity contribution in [2.75, 3.05) is 13.8 Å². The zero-order chi connectivity index (χ0) is 20.2. The molecule has 3 nitrogen and oxygen atoms in total. The summed E-state index contributed by atoms with van der Waals surface area (Å²) in [5.74, 6) is -0.580. The van der Waals surface area contributed by atoms with Crippen molar-refractivity contribution < 1.29 is 26.0 Å². The number of hydrogen-bond donors (Lipinski definition) is 1. The van der Waals surface area contributed by atoms with Gasteiger partial charge in [-0.1, -0.05) is 6.04 Å². The molecule has 1 N–H and O–H groups in total. The molecular formula is C11H15NO2. The first-order chi connectivity index (χ1) is 11.6. The van der Waals surface area contributed by atoms with Crippen molar-refractivity contribution in [3.05, 3.63) is 23.7 Å². The van der Waals surface area contributed by atoms with Gasteiger partial charge in [0.25, 0.3) is 0 Å². The molecule has 0 radical (unpaired) electrons. The molecule has 1 unspecified atom stereocenters. The van der Waals surface area contributed by atoms with Crippen LogP contribution in [0.3, 0.4) is 0 Å². The highest BCUT2D eigenvalue weighted by Gasteiger charge is 2.13. The standard InChI is InChI=1S/C11H15NO2/c1-8(12-2)5-9-3-4-10-11(6-9)14-7-13-10/h3-4,6,8,12H,5,7H2,1-2H3/i1D3,2D3,3D,4D,5D2,6D/hD. The lowest BCUT2D eigenvalue weighted by molar-refractivity contribution is 0.174. The highest BCUT2D eigenvalue weighted by molar-refractivity contribution is 5.44.